The van der Waals surface area contributed by atoms with Crippen molar-refractivity contribution >= 4 is 46.0 Å². The highest BCUT2D eigenvalue weighted by atomic mass is 127. The van der Waals surface area contributed by atoms with Gasteiger partial charge < -0.3 is 4.74 Å². The second kappa shape index (κ2) is 6.54. The van der Waals surface area contributed by atoms with Crippen LogP contribution >= 0.6 is 22.6 Å². The second-order valence-corrected chi connectivity index (χ2v) is 6.36. The van der Waals surface area contributed by atoms with Crippen LogP contribution in [-0.4, -0.2) is 18.7 Å². The summed E-state index contributed by atoms with van der Waals surface area (Å²) < 4.78 is 6.34. The van der Waals surface area contributed by atoms with E-state index in [-0.39, 0.29) is 5.91 Å². The van der Waals surface area contributed by atoms with Crippen molar-refractivity contribution in [2.24, 2.45) is 5.10 Å². The van der Waals surface area contributed by atoms with E-state index in [1.807, 2.05) is 61.5 Å². The summed E-state index contributed by atoms with van der Waals surface area (Å²) in [4.78, 5) is 12.7. The van der Waals surface area contributed by atoms with E-state index < -0.39 is 0 Å². The number of nitrogens with zero attached hydrogens (tertiary/aromatic N) is 2. The lowest BCUT2D eigenvalue weighted by atomic mass is 10.1. The molecule has 4 nitrogen and oxygen atoms in total. The van der Waals surface area contributed by atoms with Gasteiger partial charge in [-0.05, 0) is 77.6 Å². The molecule has 0 unspecified atom stereocenters. The first kappa shape index (κ1) is 15.7. The standard InChI is InChI=1S/C18H15IN2O2/c1-12-17(11-13-4-3-5-16(10-13)23-2)18(22)21(20-12)15-8-6-14(19)7-9-15/h3-11H,1-2H3/b17-11+. The second-order valence-electron chi connectivity index (χ2n) is 5.11. The molecule has 1 aliphatic rings. The summed E-state index contributed by atoms with van der Waals surface area (Å²) in [5.74, 6) is 0.639. The van der Waals surface area contributed by atoms with Gasteiger partial charge in [-0.25, -0.2) is 0 Å². The number of hydrogen-bond donors (Lipinski definition) is 0. The Labute approximate surface area is 148 Å². The van der Waals surface area contributed by atoms with Gasteiger partial charge in [0.15, 0.2) is 0 Å². The Balaban J connectivity index is 1.93. The van der Waals surface area contributed by atoms with Gasteiger partial charge in [0.2, 0.25) is 0 Å². The number of hydrogen-bond acceptors (Lipinski definition) is 3. The Kier molecular flexibility index (Phi) is 4.47. The third-order valence-corrected chi connectivity index (χ3v) is 4.26. The molecule has 116 valence electrons. The Bertz CT molecular complexity index is 810. The molecule has 23 heavy (non-hydrogen) atoms. The van der Waals surface area contributed by atoms with Gasteiger partial charge in [-0.15, -0.1) is 0 Å². The van der Waals surface area contributed by atoms with Crippen molar-refractivity contribution in [2.45, 2.75) is 6.92 Å². The van der Waals surface area contributed by atoms with Crippen LogP contribution in [0.2, 0.25) is 0 Å². The van der Waals surface area contributed by atoms with Crippen molar-refractivity contribution in [2.75, 3.05) is 12.1 Å². The Morgan fingerprint density at radius 1 is 1.17 bits per heavy atom. The summed E-state index contributed by atoms with van der Waals surface area (Å²) in [6.45, 7) is 1.84. The number of anilines is 1. The average Bonchev–Trinajstić information content (AvgIpc) is 2.84. The number of amides is 1. The maximum absolute atomic E-state index is 12.7. The quantitative estimate of drug-likeness (QED) is 0.557. The van der Waals surface area contributed by atoms with E-state index in [4.69, 9.17) is 4.74 Å². The average molecular weight is 418 g/mol. The largest absolute Gasteiger partial charge is 0.497 e. The topological polar surface area (TPSA) is 41.9 Å². The third-order valence-electron chi connectivity index (χ3n) is 3.54. The predicted octanol–water partition coefficient (Wildman–Crippen LogP) is 4.11. The lowest BCUT2D eigenvalue weighted by molar-refractivity contribution is -0.114. The molecule has 1 aliphatic heterocycles. The molecular formula is C18H15IN2O2. The first-order valence-corrected chi connectivity index (χ1v) is 8.18. The van der Waals surface area contributed by atoms with Gasteiger partial charge in [0.1, 0.15) is 5.75 Å². The molecule has 0 bridgehead atoms. The Morgan fingerprint density at radius 3 is 2.61 bits per heavy atom. The molecule has 0 aliphatic carbocycles. The van der Waals surface area contributed by atoms with Gasteiger partial charge in [-0.1, -0.05) is 12.1 Å². The minimum atomic E-state index is -0.119. The number of benzene rings is 2. The molecule has 2 aromatic rings. The van der Waals surface area contributed by atoms with Crippen molar-refractivity contribution < 1.29 is 9.53 Å². The van der Waals surface area contributed by atoms with Gasteiger partial charge in [0.25, 0.3) is 5.91 Å². The molecular weight excluding hydrogens is 403 g/mol. The first-order valence-electron chi connectivity index (χ1n) is 7.10. The fraction of sp³-hybridized carbons (Fsp3) is 0.111. The number of hydrazone groups is 1. The van der Waals surface area contributed by atoms with E-state index in [1.165, 1.54) is 5.01 Å². The molecule has 0 saturated heterocycles. The van der Waals surface area contributed by atoms with E-state index >= 15 is 0 Å². The molecule has 0 fully saturated rings. The Hall–Kier alpha value is -2.15. The Morgan fingerprint density at radius 2 is 1.91 bits per heavy atom. The number of ether oxygens (including phenoxy) is 1. The monoisotopic (exact) mass is 418 g/mol. The fourth-order valence-electron chi connectivity index (χ4n) is 2.34. The molecule has 0 saturated carbocycles. The molecule has 3 rings (SSSR count). The van der Waals surface area contributed by atoms with E-state index in [1.54, 1.807) is 7.11 Å². The predicted molar refractivity (Wildman–Crippen MR) is 101 cm³/mol. The van der Waals surface area contributed by atoms with Crippen LogP contribution in [0.4, 0.5) is 5.69 Å². The van der Waals surface area contributed by atoms with E-state index in [2.05, 4.69) is 27.7 Å². The van der Waals surface area contributed by atoms with Gasteiger partial charge in [-0.3, -0.25) is 4.79 Å². The van der Waals surface area contributed by atoms with Crippen LogP contribution in [0.3, 0.4) is 0 Å². The van der Waals surface area contributed by atoms with Gasteiger partial charge >= 0.3 is 0 Å². The zero-order valence-corrected chi connectivity index (χ0v) is 14.9. The normalized spacial score (nSPS) is 16.0. The lowest BCUT2D eigenvalue weighted by Gasteiger charge is -2.11. The van der Waals surface area contributed by atoms with Gasteiger partial charge in [-0.2, -0.15) is 10.1 Å². The minimum Gasteiger partial charge on any atom is -0.497 e. The molecule has 0 aromatic heterocycles. The van der Waals surface area contributed by atoms with Crippen LogP contribution in [0.1, 0.15) is 12.5 Å². The summed E-state index contributed by atoms with van der Waals surface area (Å²) in [5.41, 5.74) is 2.98. The molecule has 2 aromatic carbocycles. The van der Waals surface area contributed by atoms with Crippen LogP contribution in [0.25, 0.3) is 6.08 Å². The summed E-state index contributed by atoms with van der Waals surface area (Å²) in [7, 11) is 1.62. The van der Waals surface area contributed by atoms with Crippen LogP contribution in [0.5, 0.6) is 5.75 Å². The summed E-state index contributed by atoms with van der Waals surface area (Å²) in [6.07, 6.45) is 1.84. The molecule has 0 radical (unpaired) electrons. The van der Waals surface area contributed by atoms with E-state index in [9.17, 15) is 4.79 Å². The van der Waals surface area contributed by atoms with Gasteiger partial charge in [0.05, 0.1) is 24.1 Å². The van der Waals surface area contributed by atoms with Crippen LogP contribution in [0.15, 0.2) is 59.2 Å². The van der Waals surface area contributed by atoms with E-state index in [0.717, 1.165) is 20.6 Å². The lowest BCUT2D eigenvalue weighted by Crippen LogP contribution is -2.21. The summed E-state index contributed by atoms with van der Waals surface area (Å²) in [5, 5.41) is 5.83. The van der Waals surface area contributed by atoms with Crippen LogP contribution in [-0.2, 0) is 4.79 Å². The highest BCUT2D eigenvalue weighted by molar-refractivity contribution is 14.1. The zero-order chi connectivity index (χ0) is 16.4. The SMILES string of the molecule is COc1cccc(/C=C2/C(=O)N(c3ccc(I)cc3)N=C2C)c1. The number of halogens is 1. The van der Waals surface area contributed by atoms with Crippen molar-refractivity contribution in [3.8, 4) is 5.75 Å². The number of methoxy groups -OCH3 is 1. The number of rotatable bonds is 3. The molecule has 0 spiro atoms. The van der Waals surface area contributed by atoms with Crippen LogP contribution < -0.4 is 9.75 Å². The first-order chi connectivity index (χ1) is 11.1. The summed E-state index contributed by atoms with van der Waals surface area (Å²) >= 11 is 2.23. The number of carbonyl (C=O) groups excluding carboxylic acids is 1. The highest BCUT2D eigenvalue weighted by Crippen LogP contribution is 2.26. The maximum atomic E-state index is 12.7. The van der Waals surface area contributed by atoms with Crippen LogP contribution in [0, 0.1) is 3.57 Å². The van der Waals surface area contributed by atoms with Gasteiger partial charge in [0, 0.05) is 3.57 Å². The summed E-state index contributed by atoms with van der Waals surface area (Å²) in [6, 6.07) is 15.3. The maximum Gasteiger partial charge on any atom is 0.280 e. The zero-order valence-electron chi connectivity index (χ0n) is 12.8. The molecule has 5 heteroatoms. The van der Waals surface area contributed by atoms with Crippen molar-refractivity contribution in [3.05, 3.63) is 63.2 Å². The van der Waals surface area contributed by atoms with Crippen molar-refractivity contribution in [3.63, 3.8) is 0 Å². The van der Waals surface area contributed by atoms with Crippen molar-refractivity contribution in [1.82, 2.24) is 0 Å². The molecule has 1 heterocycles. The highest BCUT2D eigenvalue weighted by Gasteiger charge is 2.28. The smallest absolute Gasteiger partial charge is 0.280 e. The number of carbonyl (C=O) groups is 1. The van der Waals surface area contributed by atoms with Crippen molar-refractivity contribution in [1.29, 1.82) is 0 Å². The van der Waals surface area contributed by atoms with E-state index in [0.29, 0.717) is 11.3 Å². The molecule has 1 amide bonds. The minimum absolute atomic E-state index is 0.119. The molecule has 0 atom stereocenters. The molecule has 0 N–H and O–H groups in total. The third kappa shape index (κ3) is 3.29. The fourth-order valence-corrected chi connectivity index (χ4v) is 2.70.